The Kier molecular flexibility index (Phi) is 2.94. The van der Waals surface area contributed by atoms with Gasteiger partial charge in [0.25, 0.3) is 5.69 Å². The van der Waals surface area contributed by atoms with E-state index in [0.717, 1.165) is 0 Å². The molecule has 5 nitrogen and oxygen atoms in total. The van der Waals surface area contributed by atoms with Crippen molar-refractivity contribution in [1.29, 1.82) is 0 Å². The van der Waals surface area contributed by atoms with Crippen molar-refractivity contribution < 1.29 is 15.1 Å². The van der Waals surface area contributed by atoms with E-state index in [1.54, 1.807) is 0 Å². The fourth-order valence-corrected chi connectivity index (χ4v) is 0.924. The largest absolute Gasteiger partial charge is 0.393 e. The quantitative estimate of drug-likeness (QED) is 0.531. The fraction of sp³-hybridized carbons (Fsp3) is 0.250. The highest BCUT2D eigenvalue weighted by Gasteiger charge is 2.08. The number of benzene rings is 1. The number of aliphatic hydroxyl groups is 2. The third-order valence-corrected chi connectivity index (χ3v) is 1.66. The number of nitrogens with zero attached hydrogens (tertiary/aromatic N) is 1. The normalized spacial score (nSPS) is 12.5. The smallest absolute Gasteiger partial charge is 0.269 e. The second-order valence-corrected chi connectivity index (χ2v) is 2.55. The lowest BCUT2D eigenvalue weighted by molar-refractivity contribution is -0.384. The monoisotopic (exact) mass is 183 g/mol. The van der Waals surface area contributed by atoms with Crippen LogP contribution in [0.2, 0.25) is 0 Å². The third kappa shape index (κ3) is 2.24. The van der Waals surface area contributed by atoms with Gasteiger partial charge in [-0.05, 0) is 17.7 Å². The summed E-state index contributed by atoms with van der Waals surface area (Å²) in [6.07, 6.45) is -0.971. The predicted octanol–water partition coefficient (Wildman–Crippen LogP) is 0.620. The molecule has 0 heterocycles. The van der Waals surface area contributed by atoms with E-state index in [-0.39, 0.29) is 5.69 Å². The van der Waals surface area contributed by atoms with Crippen molar-refractivity contribution in [3.05, 3.63) is 39.9 Å². The highest BCUT2D eigenvalue weighted by Crippen LogP contribution is 2.16. The predicted molar refractivity (Wildman–Crippen MR) is 45.1 cm³/mol. The number of hydrogen-bond donors (Lipinski definition) is 2. The van der Waals surface area contributed by atoms with Crippen molar-refractivity contribution in [2.24, 2.45) is 0 Å². The first kappa shape index (κ1) is 9.63. The molecule has 5 heteroatoms. The van der Waals surface area contributed by atoms with Gasteiger partial charge in [-0.25, -0.2) is 0 Å². The van der Waals surface area contributed by atoms with Gasteiger partial charge in [-0.1, -0.05) is 0 Å². The van der Waals surface area contributed by atoms with Gasteiger partial charge in [-0.2, -0.15) is 0 Å². The van der Waals surface area contributed by atoms with Gasteiger partial charge in [0.05, 0.1) is 11.5 Å². The van der Waals surface area contributed by atoms with E-state index in [1.807, 2.05) is 0 Å². The summed E-state index contributed by atoms with van der Waals surface area (Å²) in [6.45, 7) is -0.391. The first-order valence-corrected chi connectivity index (χ1v) is 3.68. The maximum atomic E-state index is 10.2. The van der Waals surface area contributed by atoms with Crippen LogP contribution in [0.5, 0.6) is 0 Å². The van der Waals surface area contributed by atoms with Crippen LogP contribution in [-0.4, -0.2) is 21.7 Å². The molecule has 1 atom stereocenters. The van der Waals surface area contributed by atoms with Gasteiger partial charge in [0.15, 0.2) is 0 Å². The van der Waals surface area contributed by atoms with E-state index in [4.69, 9.17) is 10.2 Å². The molecule has 0 fully saturated rings. The molecule has 13 heavy (non-hydrogen) atoms. The van der Waals surface area contributed by atoms with Gasteiger partial charge < -0.3 is 10.2 Å². The summed E-state index contributed by atoms with van der Waals surface area (Å²) in [5.41, 5.74) is 0.432. The highest BCUT2D eigenvalue weighted by atomic mass is 16.6. The zero-order valence-corrected chi connectivity index (χ0v) is 6.75. The molecular weight excluding hydrogens is 174 g/mol. The lowest BCUT2D eigenvalue weighted by atomic mass is 10.1. The van der Waals surface area contributed by atoms with Crippen LogP contribution in [-0.2, 0) is 0 Å². The third-order valence-electron chi connectivity index (χ3n) is 1.66. The molecule has 1 aromatic carbocycles. The van der Waals surface area contributed by atoms with Crippen LogP contribution >= 0.6 is 0 Å². The van der Waals surface area contributed by atoms with Crippen LogP contribution in [0.25, 0.3) is 0 Å². The van der Waals surface area contributed by atoms with Crippen molar-refractivity contribution in [3.8, 4) is 0 Å². The Bertz CT molecular complexity index is 296. The number of nitro groups is 1. The molecule has 70 valence electrons. The van der Waals surface area contributed by atoms with Crippen LogP contribution in [0, 0.1) is 10.1 Å². The van der Waals surface area contributed by atoms with E-state index in [2.05, 4.69) is 0 Å². The Morgan fingerprint density at radius 3 is 2.31 bits per heavy atom. The SMILES string of the molecule is O=[N+]([O-])c1ccc(C(O)CO)cc1. The molecule has 0 saturated carbocycles. The molecule has 0 aliphatic heterocycles. The number of non-ortho nitro benzene ring substituents is 1. The average Bonchev–Trinajstić information content (AvgIpc) is 2.17. The van der Waals surface area contributed by atoms with Crippen molar-refractivity contribution in [2.45, 2.75) is 6.10 Å². The van der Waals surface area contributed by atoms with Gasteiger partial charge in [0.2, 0.25) is 0 Å². The molecule has 0 radical (unpaired) electrons. The molecular formula is C8H9NO4. The summed E-state index contributed by atoms with van der Waals surface area (Å²) in [7, 11) is 0. The first-order valence-electron chi connectivity index (χ1n) is 3.68. The number of aliphatic hydroxyl groups excluding tert-OH is 2. The summed E-state index contributed by atoms with van der Waals surface area (Å²) < 4.78 is 0. The molecule has 0 amide bonds. The van der Waals surface area contributed by atoms with Gasteiger partial charge >= 0.3 is 0 Å². The minimum Gasteiger partial charge on any atom is -0.393 e. The number of hydrogen-bond acceptors (Lipinski definition) is 4. The van der Waals surface area contributed by atoms with Crippen molar-refractivity contribution in [1.82, 2.24) is 0 Å². The Balaban J connectivity index is 2.87. The second kappa shape index (κ2) is 3.97. The molecule has 1 rings (SSSR count). The summed E-state index contributed by atoms with van der Waals surface area (Å²) >= 11 is 0. The van der Waals surface area contributed by atoms with E-state index < -0.39 is 17.6 Å². The molecule has 1 unspecified atom stereocenters. The summed E-state index contributed by atoms with van der Waals surface area (Å²) in [6, 6.07) is 5.40. The van der Waals surface area contributed by atoms with Gasteiger partial charge in [-0.3, -0.25) is 10.1 Å². The summed E-state index contributed by atoms with van der Waals surface area (Å²) in [4.78, 5) is 9.73. The maximum absolute atomic E-state index is 10.2. The zero-order chi connectivity index (χ0) is 9.84. The minimum absolute atomic E-state index is 0.0334. The van der Waals surface area contributed by atoms with Crippen LogP contribution in [0.1, 0.15) is 11.7 Å². The standard InChI is InChI=1S/C8H9NO4/c10-5-8(11)6-1-3-7(4-2-6)9(12)13/h1-4,8,10-11H,5H2. The Morgan fingerprint density at radius 1 is 1.38 bits per heavy atom. The van der Waals surface area contributed by atoms with E-state index in [9.17, 15) is 10.1 Å². The van der Waals surface area contributed by atoms with Crippen molar-refractivity contribution in [2.75, 3.05) is 6.61 Å². The Labute approximate surface area is 74.4 Å². The second-order valence-electron chi connectivity index (χ2n) is 2.55. The molecule has 1 aromatic rings. The highest BCUT2D eigenvalue weighted by molar-refractivity contribution is 5.33. The zero-order valence-electron chi connectivity index (χ0n) is 6.75. The first-order chi connectivity index (χ1) is 6.15. The molecule has 0 aliphatic carbocycles. The van der Waals surface area contributed by atoms with Gasteiger partial charge in [-0.15, -0.1) is 0 Å². The van der Waals surface area contributed by atoms with E-state index in [0.29, 0.717) is 5.56 Å². The van der Waals surface area contributed by atoms with Gasteiger partial charge in [0.1, 0.15) is 6.10 Å². The lowest BCUT2D eigenvalue weighted by Crippen LogP contribution is -2.02. The fourth-order valence-electron chi connectivity index (χ4n) is 0.924. The van der Waals surface area contributed by atoms with E-state index >= 15 is 0 Å². The van der Waals surface area contributed by atoms with Crippen molar-refractivity contribution >= 4 is 5.69 Å². The topological polar surface area (TPSA) is 83.6 Å². The molecule has 0 aliphatic rings. The van der Waals surface area contributed by atoms with Crippen LogP contribution in [0.3, 0.4) is 0 Å². The summed E-state index contributed by atoms with van der Waals surface area (Å²) in [5, 5.41) is 28.0. The molecule has 0 bridgehead atoms. The number of nitro benzene ring substituents is 1. The molecule has 0 saturated heterocycles. The van der Waals surface area contributed by atoms with Gasteiger partial charge in [0, 0.05) is 12.1 Å². The van der Waals surface area contributed by atoms with Crippen LogP contribution in [0.15, 0.2) is 24.3 Å². The van der Waals surface area contributed by atoms with Crippen molar-refractivity contribution in [3.63, 3.8) is 0 Å². The molecule has 0 aromatic heterocycles. The number of rotatable bonds is 3. The maximum Gasteiger partial charge on any atom is 0.269 e. The van der Waals surface area contributed by atoms with Crippen LogP contribution in [0.4, 0.5) is 5.69 Å². The minimum atomic E-state index is -0.971. The summed E-state index contributed by atoms with van der Waals surface area (Å²) in [5.74, 6) is 0. The Hall–Kier alpha value is -1.46. The van der Waals surface area contributed by atoms with Crippen LogP contribution < -0.4 is 0 Å². The lowest BCUT2D eigenvalue weighted by Gasteiger charge is -2.05. The van der Waals surface area contributed by atoms with E-state index in [1.165, 1.54) is 24.3 Å². The average molecular weight is 183 g/mol. The molecule has 2 N–H and O–H groups in total. The Morgan fingerprint density at radius 2 is 1.92 bits per heavy atom. The molecule has 0 spiro atoms.